The van der Waals surface area contributed by atoms with Gasteiger partial charge in [0, 0.05) is 12.1 Å². The lowest BCUT2D eigenvalue weighted by Crippen LogP contribution is -2.18. The maximum Gasteiger partial charge on any atom is 0.262 e. The van der Waals surface area contributed by atoms with Crippen molar-refractivity contribution >= 4 is 11.6 Å². The molecule has 1 aliphatic carbocycles. The number of aromatic hydroxyl groups is 1. The van der Waals surface area contributed by atoms with Crippen molar-refractivity contribution in [3.8, 4) is 17.0 Å². The van der Waals surface area contributed by atoms with Gasteiger partial charge >= 0.3 is 0 Å². The van der Waals surface area contributed by atoms with Crippen LogP contribution >= 0.6 is 11.6 Å². The van der Waals surface area contributed by atoms with Crippen molar-refractivity contribution in [2.45, 2.75) is 18.9 Å². The first-order valence-corrected chi connectivity index (χ1v) is 7.10. The molecule has 1 fully saturated rings. The van der Waals surface area contributed by atoms with E-state index in [4.69, 9.17) is 16.3 Å². The summed E-state index contributed by atoms with van der Waals surface area (Å²) in [4.78, 5) is 19.1. The van der Waals surface area contributed by atoms with Gasteiger partial charge < -0.3 is 14.8 Å². The van der Waals surface area contributed by atoms with Crippen LogP contribution in [0.5, 0.6) is 5.88 Å². The minimum absolute atomic E-state index is 0.140. The Morgan fingerprint density at radius 3 is 2.57 bits per heavy atom. The van der Waals surface area contributed by atoms with E-state index < -0.39 is 0 Å². The summed E-state index contributed by atoms with van der Waals surface area (Å²) >= 11 is 5.83. The highest BCUT2D eigenvalue weighted by molar-refractivity contribution is 6.30. The Labute approximate surface area is 126 Å². The zero-order chi connectivity index (χ0) is 15.0. The van der Waals surface area contributed by atoms with Crippen LogP contribution in [0.15, 0.2) is 29.1 Å². The van der Waals surface area contributed by atoms with Gasteiger partial charge in [-0.25, -0.2) is 0 Å². The number of H-pyrrole nitrogens is 1. The van der Waals surface area contributed by atoms with Crippen LogP contribution in [0, 0.1) is 5.92 Å². The zero-order valence-electron chi connectivity index (χ0n) is 11.5. The summed E-state index contributed by atoms with van der Waals surface area (Å²) in [6.45, 7) is 0. The Kier molecular flexibility index (Phi) is 3.69. The molecule has 1 aromatic carbocycles. The van der Waals surface area contributed by atoms with E-state index in [1.165, 1.54) is 0 Å². The topological polar surface area (TPSA) is 75.2 Å². The molecule has 1 heterocycles. The van der Waals surface area contributed by atoms with Gasteiger partial charge in [-0.3, -0.25) is 4.79 Å². The van der Waals surface area contributed by atoms with Crippen molar-refractivity contribution in [3.05, 3.63) is 45.5 Å². The average Bonchev–Trinajstić information content (AvgIpc) is 3.26. The first kappa shape index (κ1) is 14.1. The molecule has 2 N–H and O–H groups in total. The molecule has 0 aliphatic heterocycles. The summed E-state index contributed by atoms with van der Waals surface area (Å²) in [5.41, 5.74) is 0.321. The first-order chi connectivity index (χ1) is 10.1. The second-order valence-electron chi connectivity index (χ2n) is 5.15. The van der Waals surface area contributed by atoms with Crippen LogP contribution in [0.1, 0.15) is 24.8 Å². The molecule has 0 radical (unpaired) electrons. The van der Waals surface area contributed by atoms with Gasteiger partial charge in [0.05, 0.1) is 0 Å². The fourth-order valence-electron chi connectivity index (χ4n) is 2.42. The predicted octanol–water partition coefficient (Wildman–Crippen LogP) is 2.89. The molecule has 0 amide bonds. The predicted molar refractivity (Wildman–Crippen MR) is 79.4 cm³/mol. The van der Waals surface area contributed by atoms with Gasteiger partial charge in [-0.15, -0.1) is 0 Å². The summed E-state index contributed by atoms with van der Waals surface area (Å²) in [6, 6.07) is 6.66. The van der Waals surface area contributed by atoms with Crippen LogP contribution in [0.4, 0.5) is 0 Å². The fourth-order valence-corrected chi connectivity index (χ4v) is 2.54. The van der Waals surface area contributed by atoms with E-state index in [1.807, 2.05) is 0 Å². The van der Waals surface area contributed by atoms with Crippen LogP contribution in [0.3, 0.4) is 0 Å². The maximum absolute atomic E-state index is 12.3. The Balaban J connectivity index is 2.03. The number of rotatable bonds is 4. The fraction of sp³-hybridized carbons (Fsp3) is 0.333. The summed E-state index contributed by atoms with van der Waals surface area (Å²) in [6.07, 6.45) is 1.81. The smallest absolute Gasteiger partial charge is 0.262 e. The molecule has 6 heteroatoms. The van der Waals surface area contributed by atoms with Crippen molar-refractivity contribution in [1.82, 2.24) is 9.97 Å². The average molecular weight is 307 g/mol. The van der Waals surface area contributed by atoms with Gasteiger partial charge in [-0.1, -0.05) is 23.7 Å². The number of nitrogens with one attached hydrogen (secondary N) is 1. The van der Waals surface area contributed by atoms with E-state index in [0.717, 1.165) is 12.8 Å². The maximum atomic E-state index is 12.3. The zero-order valence-corrected chi connectivity index (χ0v) is 12.2. The van der Waals surface area contributed by atoms with Gasteiger partial charge in [-0.05, 0) is 36.5 Å². The number of aromatic amines is 1. The number of aromatic nitrogens is 2. The summed E-state index contributed by atoms with van der Waals surface area (Å²) in [7, 11) is 1.58. The summed E-state index contributed by atoms with van der Waals surface area (Å²) in [5.74, 6) is 0.443. The normalized spacial score (nSPS) is 15.9. The first-order valence-electron chi connectivity index (χ1n) is 6.72. The molecule has 0 saturated heterocycles. The van der Waals surface area contributed by atoms with Crippen LogP contribution < -0.4 is 5.56 Å². The highest BCUT2D eigenvalue weighted by Gasteiger charge is 2.34. The Morgan fingerprint density at radius 2 is 2.05 bits per heavy atom. The van der Waals surface area contributed by atoms with E-state index in [0.29, 0.717) is 22.3 Å². The number of methoxy groups -OCH3 is 1. The van der Waals surface area contributed by atoms with E-state index in [-0.39, 0.29) is 23.1 Å². The lowest BCUT2D eigenvalue weighted by molar-refractivity contribution is 0.0764. The number of benzene rings is 1. The van der Waals surface area contributed by atoms with Crippen molar-refractivity contribution in [3.63, 3.8) is 0 Å². The molecule has 2 aromatic rings. The van der Waals surface area contributed by atoms with Gasteiger partial charge in [0.2, 0.25) is 5.88 Å². The van der Waals surface area contributed by atoms with E-state index in [2.05, 4.69) is 9.97 Å². The highest BCUT2D eigenvalue weighted by atomic mass is 35.5. The number of ether oxygens (including phenoxy) is 1. The molecule has 1 atom stereocenters. The second-order valence-corrected chi connectivity index (χ2v) is 5.59. The Morgan fingerprint density at radius 1 is 1.38 bits per heavy atom. The molecule has 5 nitrogen and oxygen atoms in total. The van der Waals surface area contributed by atoms with E-state index in [9.17, 15) is 9.90 Å². The Bertz CT molecular complexity index is 708. The summed E-state index contributed by atoms with van der Waals surface area (Å²) in [5, 5.41) is 10.7. The molecule has 3 rings (SSSR count). The van der Waals surface area contributed by atoms with Crippen molar-refractivity contribution in [2.75, 3.05) is 7.11 Å². The second kappa shape index (κ2) is 5.50. The number of halogens is 1. The van der Waals surface area contributed by atoms with E-state index >= 15 is 0 Å². The Hall–Kier alpha value is -1.85. The van der Waals surface area contributed by atoms with Crippen LogP contribution in [-0.4, -0.2) is 22.2 Å². The van der Waals surface area contributed by atoms with Crippen LogP contribution in [0.25, 0.3) is 11.1 Å². The largest absolute Gasteiger partial charge is 0.493 e. The van der Waals surface area contributed by atoms with Gasteiger partial charge in [0.25, 0.3) is 5.56 Å². The standard InChI is InChI=1S/C15H15ClN2O3/c1-21-12(9-2-3-9)13-17-14(19)11(15(20)18-13)8-4-6-10(16)7-5-8/h4-7,9,12H,2-3H2,1H3,(H2,17,18,19,20). The third-order valence-corrected chi connectivity index (χ3v) is 3.88. The number of hydrogen-bond acceptors (Lipinski definition) is 4. The van der Waals surface area contributed by atoms with Crippen LogP contribution in [0.2, 0.25) is 5.02 Å². The third-order valence-electron chi connectivity index (χ3n) is 3.63. The molecule has 0 spiro atoms. The molecular weight excluding hydrogens is 292 g/mol. The summed E-state index contributed by atoms with van der Waals surface area (Å²) < 4.78 is 5.37. The van der Waals surface area contributed by atoms with Gasteiger partial charge in [-0.2, -0.15) is 4.98 Å². The van der Waals surface area contributed by atoms with Crippen LogP contribution in [-0.2, 0) is 4.74 Å². The minimum atomic E-state index is -0.387. The molecular formula is C15H15ClN2O3. The molecule has 1 saturated carbocycles. The number of nitrogens with zero attached hydrogens (tertiary/aromatic N) is 1. The monoisotopic (exact) mass is 306 g/mol. The molecule has 1 aromatic heterocycles. The van der Waals surface area contributed by atoms with Crippen molar-refractivity contribution in [1.29, 1.82) is 0 Å². The molecule has 1 aliphatic rings. The van der Waals surface area contributed by atoms with Crippen molar-refractivity contribution < 1.29 is 9.84 Å². The SMILES string of the molecule is COC(c1nc(O)c(-c2ccc(Cl)cc2)c(=O)[nH]1)C1CC1. The lowest BCUT2D eigenvalue weighted by atomic mass is 10.1. The molecule has 1 unspecified atom stereocenters. The van der Waals surface area contributed by atoms with Crippen molar-refractivity contribution in [2.24, 2.45) is 5.92 Å². The quantitative estimate of drug-likeness (QED) is 0.910. The van der Waals surface area contributed by atoms with Gasteiger partial charge in [0.1, 0.15) is 17.5 Å². The number of hydrogen-bond donors (Lipinski definition) is 2. The lowest BCUT2D eigenvalue weighted by Gasteiger charge is -2.14. The molecule has 110 valence electrons. The molecule has 21 heavy (non-hydrogen) atoms. The molecule has 0 bridgehead atoms. The van der Waals surface area contributed by atoms with Gasteiger partial charge in [0.15, 0.2) is 0 Å². The van der Waals surface area contributed by atoms with E-state index in [1.54, 1.807) is 31.4 Å². The third kappa shape index (κ3) is 2.80. The minimum Gasteiger partial charge on any atom is -0.493 e. The highest BCUT2D eigenvalue weighted by Crippen LogP contribution is 2.42.